The van der Waals surface area contributed by atoms with Gasteiger partial charge in [0.05, 0.1) is 6.20 Å². The Hall–Kier alpha value is -1.32. The molecule has 0 spiro atoms. The van der Waals surface area contributed by atoms with Crippen LogP contribution in [0.3, 0.4) is 0 Å². The maximum atomic E-state index is 6.01. The molecule has 1 N–H and O–H groups in total. The summed E-state index contributed by atoms with van der Waals surface area (Å²) in [5.41, 5.74) is 1.32. The van der Waals surface area contributed by atoms with E-state index in [-0.39, 0.29) is 11.3 Å². The fraction of sp³-hybridized carbons (Fsp3) is 0.286. The van der Waals surface area contributed by atoms with E-state index in [1.165, 1.54) is 11.8 Å². The molecule has 1 unspecified atom stereocenters. The molecular weight excluding hydrogens is 281 g/mol. The zero-order chi connectivity index (χ0) is 13.7. The standard InChI is InChI=1S/C14H15Cl2N3/c1-10(7-8-11-5-3-2-4-6-11)18-13-12(15)9-17-14(16)19-13/h2-6,9-10H,7-8H2,1H3,(H,17,18,19). The van der Waals surface area contributed by atoms with Crippen LogP contribution in [-0.4, -0.2) is 16.0 Å². The Morgan fingerprint density at radius 3 is 2.68 bits per heavy atom. The number of hydrogen-bond acceptors (Lipinski definition) is 3. The smallest absolute Gasteiger partial charge is 0.224 e. The number of nitrogens with zero attached hydrogens (tertiary/aromatic N) is 2. The second-order valence-corrected chi connectivity index (χ2v) is 5.15. The van der Waals surface area contributed by atoms with E-state index in [0.717, 1.165) is 12.8 Å². The van der Waals surface area contributed by atoms with Gasteiger partial charge in [-0.25, -0.2) is 4.98 Å². The number of rotatable bonds is 5. The molecule has 0 amide bonds. The van der Waals surface area contributed by atoms with Crippen LogP contribution in [0.25, 0.3) is 0 Å². The summed E-state index contributed by atoms with van der Waals surface area (Å²) in [6, 6.07) is 10.6. The summed E-state index contributed by atoms with van der Waals surface area (Å²) in [7, 11) is 0. The summed E-state index contributed by atoms with van der Waals surface area (Å²) in [5.74, 6) is 0.585. The van der Waals surface area contributed by atoms with Crippen LogP contribution in [0.4, 0.5) is 5.82 Å². The van der Waals surface area contributed by atoms with Crippen molar-refractivity contribution in [3.8, 4) is 0 Å². The minimum Gasteiger partial charge on any atom is -0.366 e. The molecule has 0 aliphatic heterocycles. The summed E-state index contributed by atoms with van der Waals surface area (Å²) in [4.78, 5) is 7.90. The lowest BCUT2D eigenvalue weighted by atomic mass is 10.1. The van der Waals surface area contributed by atoms with Crippen molar-refractivity contribution in [3.63, 3.8) is 0 Å². The Morgan fingerprint density at radius 2 is 1.95 bits per heavy atom. The molecule has 0 saturated carbocycles. The van der Waals surface area contributed by atoms with E-state index in [4.69, 9.17) is 23.2 Å². The van der Waals surface area contributed by atoms with Crippen LogP contribution in [0.15, 0.2) is 36.5 Å². The lowest BCUT2D eigenvalue weighted by molar-refractivity contribution is 0.702. The molecule has 0 aliphatic carbocycles. The van der Waals surface area contributed by atoms with Gasteiger partial charge >= 0.3 is 0 Å². The molecule has 0 saturated heterocycles. The first-order chi connectivity index (χ1) is 9.15. The van der Waals surface area contributed by atoms with Crippen molar-refractivity contribution in [1.29, 1.82) is 0 Å². The molecule has 0 fully saturated rings. The second-order valence-electron chi connectivity index (χ2n) is 4.41. The van der Waals surface area contributed by atoms with E-state index in [0.29, 0.717) is 10.8 Å². The highest BCUT2D eigenvalue weighted by molar-refractivity contribution is 6.33. The highest BCUT2D eigenvalue weighted by atomic mass is 35.5. The van der Waals surface area contributed by atoms with Gasteiger partial charge < -0.3 is 5.32 Å². The lowest BCUT2D eigenvalue weighted by Crippen LogP contribution is -2.17. The fourth-order valence-corrected chi connectivity index (χ4v) is 2.06. The van der Waals surface area contributed by atoms with Crippen molar-refractivity contribution in [1.82, 2.24) is 9.97 Å². The van der Waals surface area contributed by atoms with Crippen LogP contribution in [-0.2, 0) is 6.42 Å². The first-order valence-electron chi connectivity index (χ1n) is 6.13. The minimum atomic E-state index is 0.196. The molecule has 1 heterocycles. The second kappa shape index (κ2) is 6.73. The molecule has 19 heavy (non-hydrogen) atoms. The van der Waals surface area contributed by atoms with Crippen LogP contribution in [0, 0.1) is 0 Å². The molecule has 0 radical (unpaired) electrons. The van der Waals surface area contributed by atoms with Crippen molar-refractivity contribution < 1.29 is 0 Å². The van der Waals surface area contributed by atoms with Gasteiger partial charge in [0.1, 0.15) is 10.8 Å². The van der Waals surface area contributed by atoms with E-state index in [1.807, 2.05) is 6.07 Å². The van der Waals surface area contributed by atoms with Crippen molar-refractivity contribution in [2.24, 2.45) is 0 Å². The number of hydrogen-bond donors (Lipinski definition) is 1. The van der Waals surface area contributed by atoms with Gasteiger partial charge in [-0.3, -0.25) is 0 Å². The van der Waals surface area contributed by atoms with Crippen molar-refractivity contribution in [2.75, 3.05) is 5.32 Å². The quantitative estimate of drug-likeness (QED) is 0.840. The van der Waals surface area contributed by atoms with Crippen LogP contribution >= 0.6 is 23.2 Å². The van der Waals surface area contributed by atoms with E-state index in [1.54, 1.807) is 0 Å². The Labute approximate surface area is 123 Å². The molecule has 1 aromatic carbocycles. The maximum absolute atomic E-state index is 6.01. The summed E-state index contributed by atoms with van der Waals surface area (Å²) in [6.07, 6.45) is 3.50. The Bertz CT molecular complexity index is 531. The summed E-state index contributed by atoms with van der Waals surface area (Å²) in [5, 5.41) is 3.93. The Balaban J connectivity index is 1.90. The largest absolute Gasteiger partial charge is 0.366 e. The molecule has 3 nitrogen and oxygen atoms in total. The number of aromatic nitrogens is 2. The Morgan fingerprint density at radius 1 is 1.21 bits per heavy atom. The third kappa shape index (κ3) is 4.37. The highest BCUT2D eigenvalue weighted by Crippen LogP contribution is 2.21. The summed E-state index contributed by atoms with van der Waals surface area (Å²) >= 11 is 11.8. The normalized spacial score (nSPS) is 12.2. The van der Waals surface area contributed by atoms with Gasteiger partial charge in [-0.15, -0.1) is 0 Å². The third-order valence-corrected chi connectivity index (χ3v) is 3.27. The topological polar surface area (TPSA) is 37.8 Å². The van der Waals surface area contributed by atoms with Crippen LogP contribution in [0.1, 0.15) is 18.9 Å². The number of aryl methyl sites for hydroxylation is 1. The zero-order valence-corrected chi connectivity index (χ0v) is 12.1. The summed E-state index contributed by atoms with van der Waals surface area (Å²) < 4.78 is 0. The number of nitrogens with one attached hydrogen (secondary N) is 1. The molecule has 2 aromatic rings. The molecule has 100 valence electrons. The van der Waals surface area contributed by atoms with E-state index in [9.17, 15) is 0 Å². The summed E-state index contributed by atoms with van der Waals surface area (Å²) in [6.45, 7) is 2.09. The molecule has 5 heteroatoms. The maximum Gasteiger partial charge on any atom is 0.224 e. The van der Waals surface area contributed by atoms with Crippen LogP contribution in [0.2, 0.25) is 10.3 Å². The first-order valence-corrected chi connectivity index (χ1v) is 6.89. The first kappa shape index (κ1) is 14.1. The third-order valence-electron chi connectivity index (χ3n) is 2.81. The van der Waals surface area contributed by atoms with Gasteiger partial charge in [0, 0.05) is 6.04 Å². The van der Waals surface area contributed by atoms with Gasteiger partial charge in [-0.1, -0.05) is 41.9 Å². The monoisotopic (exact) mass is 295 g/mol. The van der Waals surface area contributed by atoms with E-state index < -0.39 is 0 Å². The molecule has 2 rings (SSSR count). The van der Waals surface area contributed by atoms with Crippen molar-refractivity contribution in [3.05, 3.63) is 52.4 Å². The highest BCUT2D eigenvalue weighted by Gasteiger charge is 2.08. The van der Waals surface area contributed by atoms with Crippen LogP contribution in [0.5, 0.6) is 0 Å². The van der Waals surface area contributed by atoms with E-state index >= 15 is 0 Å². The number of halogens is 2. The van der Waals surface area contributed by atoms with E-state index in [2.05, 4.69) is 46.5 Å². The van der Waals surface area contributed by atoms with Gasteiger partial charge in [-0.2, -0.15) is 4.98 Å². The molecule has 1 atom stereocenters. The SMILES string of the molecule is CC(CCc1ccccc1)Nc1nc(Cl)ncc1Cl. The van der Waals surface area contributed by atoms with Crippen molar-refractivity contribution >= 4 is 29.0 Å². The molecule has 1 aromatic heterocycles. The van der Waals surface area contributed by atoms with Crippen molar-refractivity contribution in [2.45, 2.75) is 25.8 Å². The molecule has 0 aliphatic rings. The minimum absolute atomic E-state index is 0.196. The van der Waals surface area contributed by atoms with Gasteiger partial charge in [0.15, 0.2) is 0 Å². The predicted molar refractivity (Wildman–Crippen MR) is 79.9 cm³/mol. The average Bonchev–Trinajstić information content (AvgIpc) is 2.42. The van der Waals surface area contributed by atoms with Gasteiger partial charge in [-0.05, 0) is 36.9 Å². The number of benzene rings is 1. The number of anilines is 1. The zero-order valence-electron chi connectivity index (χ0n) is 10.6. The molecule has 0 bridgehead atoms. The fourth-order valence-electron chi connectivity index (χ4n) is 1.78. The van der Waals surface area contributed by atoms with Crippen LogP contribution < -0.4 is 5.32 Å². The average molecular weight is 296 g/mol. The van der Waals surface area contributed by atoms with Gasteiger partial charge in [0.25, 0.3) is 0 Å². The Kier molecular flexibility index (Phi) is 5.00. The molecular formula is C14H15Cl2N3. The predicted octanol–water partition coefficient (Wildman–Crippen LogP) is 4.22. The lowest BCUT2D eigenvalue weighted by Gasteiger charge is -2.15. The van der Waals surface area contributed by atoms with Gasteiger partial charge in [0.2, 0.25) is 5.28 Å².